The Morgan fingerprint density at radius 1 is 1.03 bits per heavy atom. The van der Waals surface area contributed by atoms with E-state index in [4.69, 9.17) is 25.6 Å². The lowest BCUT2D eigenvalue weighted by Gasteiger charge is -2.34. The van der Waals surface area contributed by atoms with Gasteiger partial charge in [-0.05, 0) is 42.0 Å². The molecule has 0 radical (unpaired) electrons. The quantitative estimate of drug-likeness (QED) is 0.539. The number of aromatic nitrogens is 2. The molecule has 0 aliphatic carbocycles. The molecule has 0 spiro atoms. The first-order chi connectivity index (χ1) is 15.6. The smallest absolute Gasteiger partial charge is 0.241 e. The van der Waals surface area contributed by atoms with Gasteiger partial charge in [0, 0.05) is 36.8 Å². The molecular formula is C23H25ClN4O4. The van der Waals surface area contributed by atoms with Gasteiger partial charge in [0.05, 0.1) is 27.2 Å². The fourth-order valence-corrected chi connectivity index (χ4v) is 3.78. The molecule has 9 heteroatoms. The Hall–Kier alpha value is -3.10. The summed E-state index contributed by atoms with van der Waals surface area (Å²) < 4.78 is 16.0. The third kappa shape index (κ3) is 5.20. The van der Waals surface area contributed by atoms with E-state index >= 15 is 0 Å². The zero-order valence-corrected chi connectivity index (χ0v) is 18.8. The molecule has 32 heavy (non-hydrogen) atoms. The largest absolute Gasteiger partial charge is 0.493 e. The zero-order valence-electron chi connectivity index (χ0n) is 18.1. The standard InChI is InChI=1S/C23H25ClN4O4/c1-30-19-8-3-16(13-20(19)31-2)14-22(29)28-11-9-27(10-12-28)15-21-25-23(26-32-21)17-4-6-18(24)7-5-17/h3-8,13H,9-12,14-15H2,1-2H3. The molecule has 0 atom stereocenters. The van der Waals surface area contributed by atoms with Gasteiger partial charge in [-0.3, -0.25) is 9.69 Å². The van der Waals surface area contributed by atoms with E-state index < -0.39 is 0 Å². The zero-order chi connectivity index (χ0) is 22.5. The van der Waals surface area contributed by atoms with Gasteiger partial charge in [0.1, 0.15) is 0 Å². The first kappa shape index (κ1) is 22.1. The number of ether oxygens (including phenoxy) is 2. The molecular weight excluding hydrogens is 432 g/mol. The molecule has 0 saturated carbocycles. The summed E-state index contributed by atoms with van der Waals surface area (Å²) in [6, 6.07) is 12.9. The minimum atomic E-state index is 0.0969. The molecule has 4 rings (SSSR count). The molecule has 2 aromatic carbocycles. The fraction of sp³-hybridized carbons (Fsp3) is 0.348. The summed E-state index contributed by atoms with van der Waals surface area (Å²) in [7, 11) is 3.18. The third-order valence-electron chi connectivity index (χ3n) is 5.46. The van der Waals surface area contributed by atoms with Gasteiger partial charge < -0.3 is 18.9 Å². The fourth-order valence-electron chi connectivity index (χ4n) is 3.66. The summed E-state index contributed by atoms with van der Waals surface area (Å²) in [5.41, 5.74) is 1.76. The highest BCUT2D eigenvalue weighted by Crippen LogP contribution is 2.28. The molecule has 3 aromatic rings. The van der Waals surface area contributed by atoms with Crippen LogP contribution in [0.2, 0.25) is 5.02 Å². The monoisotopic (exact) mass is 456 g/mol. The van der Waals surface area contributed by atoms with Gasteiger partial charge in [0.15, 0.2) is 11.5 Å². The lowest BCUT2D eigenvalue weighted by Crippen LogP contribution is -2.48. The average molecular weight is 457 g/mol. The van der Waals surface area contributed by atoms with Crippen molar-refractivity contribution < 1.29 is 18.8 Å². The summed E-state index contributed by atoms with van der Waals surface area (Å²) in [5, 5.41) is 4.72. The highest BCUT2D eigenvalue weighted by atomic mass is 35.5. The summed E-state index contributed by atoms with van der Waals surface area (Å²) in [4.78, 5) is 21.3. The first-order valence-corrected chi connectivity index (χ1v) is 10.7. The number of amides is 1. The minimum absolute atomic E-state index is 0.0969. The molecule has 168 valence electrons. The molecule has 0 N–H and O–H groups in total. The van der Waals surface area contributed by atoms with Crippen LogP contribution in [0.1, 0.15) is 11.5 Å². The summed E-state index contributed by atoms with van der Waals surface area (Å²) in [5.74, 6) is 2.47. The number of benzene rings is 2. The molecule has 2 heterocycles. The molecule has 0 unspecified atom stereocenters. The number of halogens is 1. The van der Waals surface area contributed by atoms with E-state index in [-0.39, 0.29) is 5.91 Å². The van der Waals surface area contributed by atoms with E-state index in [0.717, 1.165) is 24.2 Å². The van der Waals surface area contributed by atoms with Crippen LogP contribution < -0.4 is 9.47 Å². The van der Waals surface area contributed by atoms with Crippen molar-refractivity contribution in [3.63, 3.8) is 0 Å². The Morgan fingerprint density at radius 3 is 2.44 bits per heavy atom. The number of piperazine rings is 1. The van der Waals surface area contributed by atoms with Gasteiger partial charge in [-0.25, -0.2) is 0 Å². The number of carbonyl (C=O) groups excluding carboxylic acids is 1. The Morgan fingerprint density at radius 2 is 1.75 bits per heavy atom. The number of methoxy groups -OCH3 is 2. The van der Waals surface area contributed by atoms with E-state index in [1.807, 2.05) is 35.2 Å². The molecule has 1 aliphatic heterocycles. The van der Waals surface area contributed by atoms with Crippen LogP contribution in [0.5, 0.6) is 11.5 Å². The van der Waals surface area contributed by atoms with Crippen LogP contribution in [-0.2, 0) is 17.8 Å². The van der Waals surface area contributed by atoms with Crippen LogP contribution in [0.25, 0.3) is 11.4 Å². The Bertz CT molecular complexity index is 1060. The van der Waals surface area contributed by atoms with Crippen molar-refractivity contribution in [3.05, 3.63) is 58.9 Å². The van der Waals surface area contributed by atoms with E-state index in [0.29, 0.717) is 54.3 Å². The number of nitrogens with zero attached hydrogens (tertiary/aromatic N) is 4. The van der Waals surface area contributed by atoms with Crippen molar-refractivity contribution >= 4 is 17.5 Å². The van der Waals surface area contributed by atoms with Crippen LogP contribution in [0.4, 0.5) is 0 Å². The van der Waals surface area contributed by atoms with Crippen LogP contribution >= 0.6 is 11.6 Å². The maximum atomic E-state index is 12.8. The van der Waals surface area contributed by atoms with Crippen LogP contribution in [0, 0.1) is 0 Å². The van der Waals surface area contributed by atoms with Gasteiger partial charge in [-0.2, -0.15) is 4.98 Å². The molecule has 1 aliphatic rings. The predicted octanol–water partition coefficient (Wildman–Crippen LogP) is 3.29. The number of hydrogen-bond acceptors (Lipinski definition) is 7. The molecule has 1 aromatic heterocycles. The van der Waals surface area contributed by atoms with Crippen molar-refractivity contribution in [2.45, 2.75) is 13.0 Å². The van der Waals surface area contributed by atoms with Crippen LogP contribution in [0.3, 0.4) is 0 Å². The van der Waals surface area contributed by atoms with E-state index in [9.17, 15) is 4.79 Å². The Balaban J connectivity index is 1.29. The van der Waals surface area contributed by atoms with Crippen molar-refractivity contribution in [1.29, 1.82) is 0 Å². The SMILES string of the molecule is COc1ccc(CC(=O)N2CCN(Cc3nc(-c4ccc(Cl)cc4)no3)CC2)cc1OC. The normalized spacial score (nSPS) is 14.4. The van der Waals surface area contributed by atoms with Gasteiger partial charge >= 0.3 is 0 Å². The average Bonchev–Trinajstić information content (AvgIpc) is 3.28. The minimum Gasteiger partial charge on any atom is -0.493 e. The Labute approximate surface area is 191 Å². The van der Waals surface area contributed by atoms with Gasteiger partial charge in [-0.1, -0.05) is 22.8 Å². The number of hydrogen-bond donors (Lipinski definition) is 0. The molecule has 1 amide bonds. The van der Waals surface area contributed by atoms with E-state index in [1.165, 1.54) is 0 Å². The van der Waals surface area contributed by atoms with Crippen molar-refractivity contribution in [3.8, 4) is 22.9 Å². The van der Waals surface area contributed by atoms with Crippen LogP contribution in [0.15, 0.2) is 47.0 Å². The van der Waals surface area contributed by atoms with E-state index in [2.05, 4.69) is 15.0 Å². The van der Waals surface area contributed by atoms with Gasteiger partial charge in [-0.15, -0.1) is 0 Å². The second-order valence-corrected chi connectivity index (χ2v) is 7.98. The topological polar surface area (TPSA) is 80.9 Å². The maximum Gasteiger partial charge on any atom is 0.241 e. The second-order valence-electron chi connectivity index (χ2n) is 7.54. The lowest BCUT2D eigenvalue weighted by molar-refractivity contribution is -0.132. The lowest BCUT2D eigenvalue weighted by atomic mass is 10.1. The maximum absolute atomic E-state index is 12.8. The number of rotatable bonds is 7. The summed E-state index contributed by atoms with van der Waals surface area (Å²) in [6.45, 7) is 3.36. The van der Waals surface area contributed by atoms with Crippen LogP contribution in [-0.4, -0.2) is 66.2 Å². The second kappa shape index (κ2) is 10.0. The Kier molecular flexibility index (Phi) is 6.92. The van der Waals surface area contributed by atoms with Crippen molar-refractivity contribution in [2.24, 2.45) is 0 Å². The predicted molar refractivity (Wildman–Crippen MR) is 120 cm³/mol. The van der Waals surface area contributed by atoms with Crippen molar-refractivity contribution in [1.82, 2.24) is 19.9 Å². The first-order valence-electron chi connectivity index (χ1n) is 10.4. The molecule has 8 nitrogen and oxygen atoms in total. The highest BCUT2D eigenvalue weighted by Gasteiger charge is 2.23. The van der Waals surface area contributed by atoms with Crippen molar-refractivity contribution in [2.75, 3.05) is 40.4 Å². The van der Waals surface area contributed by atoms with E-state index in [1.54, 1.807) is 26.4 Å². The summed E-state index contributed by atoms with van der Waals surface area (Å²) in [6.07, 6.45) is 0.328. The number of carbonyl (C=O) groups is 1. The molecule has 1 saturated heterocycles. The molecule has 1 fully saturated rings. The third-order valence-corrected chi connectivity index (χ3v) is 5.71. The highest BCUT2D eigenvalue weighted by molar-refractivity contribution is 6.30. The summed E-state index contributed by atoms with van der Waals surface area (Å²) >= 11 is 5.93. The van der Waals surface area contributed by atoms with Gasteiger partial charge in [0.2, 0.25) is 17.6 Å². The van der Waals surface area contributed by atoms with Gasteiger partial charge in [0.25, 0.3) is 0 Å². The molecule has 0 bridgehead atoms.